The fourth-order valence-electron chi connectivity index (χ4n) is 2.43. The molecule has 0 fully saturated rings. The fraction of sp³-hybridized carbons (Fsp3) is 0.529. The van der Waals surface area contributed by atoms with Gasteiger partial charge in [-0.1, -0.05) is 42.1 Å². The van der Waals surface area contributed by atoms with Gasteiger partial charge >= 0.3 is 0 Å². The molecule has 136 valence electrons. The molecule has 1 atom stereocenters. The topological polar surface area (TPSA) is 77.1 Å². The molecular weight excluding hydrogens is 336 g/mol. The van der Waals surface area contributed by atoms with Crippen LogP contribution < -0.4 is 10.2 Å². The smallest absolute Gasteiger partial charge is 0.230 e. The number of thioether (sulfide) groups is 1. The number of tetrazole rings is 1. The normalized spacial score (nSPS) is 13.0. The van der Waals surface area contributed by atoms with Gasteiger partial charge in [0.25, 0.3) is 0 Å². The highest BCUT2D eigenvalue weighted by Crippen LogP contribution is 2.21. The van der Waals surface area contributed by atoms with Gasteiger partial charge in [-0.05, 0) is 31.2 Å². The number of amides is 1. The van der Waals surface area contributed by atoms with Gasteiger partial charge in [0.2, 0.25) is 11.1 Å². The van der Waals surface area contributed by atoms with E-state index in [1.165, 1.54) is 22.2 Å². The SMILES string of the molecule is C[NH+](C)[C@@H](CNC(=O)CSc1nnnn1C(C)(C)C)c1ccccc1. The Morgan fingerprint density at radius 2 is 1.96 bits per heavy atom. The predicted molar refractivity (Wildman–Crippen MR) is 98.5 cm³/mol. The molecule has 25 heavy (non-hydrogen) atoms. The minimum Gasteiger partial charge on any atom is -0.349 e. The molecule has 1 heterocycles. The van der Waals surface area contributed by atoms with Crippen molar-refractivity contribution in [1.29, 1.82) is 0 Å². The number of hydrogen-bond acceptors (Lipinski definition) is 5. The minimum atomic E-state index is -0.213. The second kappa shape index (κ2) is 8.44. The number of nitrogens with one attached hydrogen (secondary N) is 2. The summed E-state index contributed by atoms with van der Waals surface area (Å²) in [4.78, 5) is 13.5. The average molecular weight is 364 g/mol. The van der Waals surface area contributed by atoms with Gasteiger partial charge < -0.3 is 10.2 Å². The van der Waals surface area contributed by atoms with E-state index in [1.807, 2.05) is 39.0 Å². The first-order valence-corrected chi connectivity index (χ1v) is 9.31. The Labute approximate surface area is 153 Å². The van der Waals surface area contributed by atoms with Crippen molar-refractivity contribution in [2.24, 2.45) is 0 Å². The number of benzene rings is 1. The first-order chi connectivity index (χ1) is 11.8. The van der Waals surface area contributed by atoms with E-state index in [9.17, 15) is 4.79 Å². The van der Waals surface area contributed by atoms with Crippen molar-refractivity contribution >= 4 is 17.7 Å². The lowest BCUT2D eigenvalue weighted by atomic mass is 10.1. The van der Waals surface area contributed by atoms with Gasteiger partial charge in [-0.25, -0.2) is 4.68 Å². The Hall–Kier alpha value is -1.93. The maximum atomic E-state index is 12.2. The van der Waals surface area contributed by atoms with E-state index in [-0.39, 0.29) is 17.5 Å². The zero-order valence-electron chi connectivity index (χ0n) is 15.5. The first kappa shape index (κ1) is 19.4. The highest BCUT2D eigenvalue weighted by molar-refractivity contribution is 7.99. The van der Waals surface area contributed by atoms with Crippen molar-refractivity contribution in [2.45, 2.75) is 37.5 Å². The molecule has 0 bridgehead atoms. The Kier molecular flexibility index (Phi) is 6.55. The van der Waals surface area contributed by atoms with Crippen LogP contribution in [0, 0.1) is 0 Å². The monoisotopic (exact) mass is 363 g/mol. The molecule has 0 aliphatic heterocycles. The van der Waals surface area contributed by atoms with Crippen LogP contribution in [0.1, 0.15) is 32.4 Å². The third-order valence-electron chi connectivity index (χ3n) is 3.81. The van der Waals surface area contributed by atoms with E-state index >= 15 is 0 Å². The van der Waals surface area contributed by atoms with Gasteiger partial charge in [-0.15, -0.1) is 5.10 Å². The van der Waals surface area contributed by atoms with Crippen molar-refractivity contribution in [3.8, 4) is 0 Å². The van der Waals surface area contributed by atoms with E-state index in [4.69, 9.17) is 0 Å². The number of nitrogens with zero attached hydrogens (tertiary/aromatic N) is 4. The summed E-state index contributed by atoms with van der Waals surface area (Å²) in [6, 6.07) is 10.5. The van der Waals surface area contributed by atoms with Gasteiger partial charge in [0.1, 0.15) is 6.04 Å². The number of aromatic nitrogens is 4. The lowest BCUT2D eigenvalue weighted by Crippen LogP contribution is -3.07. The van der Waals surface area contributed by atoms with Crippen LogP contribution in [-0.4, -0.2) is 52.5 Å². The van der Waals surface area contributed by atoms with Crippen molar-refractivity contribution in [3.05, 3.63) is 35.9 Å². The maximum absolute atomic E-state index is 12.2. The third kappa shape index (κ3) is 5.54. The molecule has 1 amide bonds. The summed E-state index contributed by atoms with van der Waals surface area (Å²) < 4.78 is 1.74. The molecule has 1 aromatic heterocycles. The zero-order chi connectivity index (χ0) is 18.4. The molecule has 7 nitrogen and oxygen atoms in total. The van der Waals surface area contributed by atoms with Gasteiger partial charge in [0.15, 0.2) is 0 Å². The number of rotatable bonds is 7. The van der Waals surface area contributed by atoms with E-state index in [1.54, 1.807) is 4.68 Å². The molecule has 8 heteroatoms. The summed E-state index contributed by atoms with van der Waals surface area (Å²) in [7, 11) is 4.19. The van der Waals surface area contributed by atoms with Crippen LogP contribution in [0.2, 0.25) is 0 Å². The number of carbonyl (C=O) groups excluding carboxylic acids is 1. The molecule has 0 aliphatic rings. The first-order valence-electron chi connectivity index (χ1n) is 8.32. The van der Waals surface area contributed by atoms with Crippen LogP contribution in [0.15, 0.2) is 35.5 Å². The second-order valence-corrected chi connectivity index (χ2v) is 8.12. The lowest BCUT2D eigenvalue weighted by Gasteiger charge is -2.22. The van der Waals surface area contributed by atoms with E-state index in [0.29, 0.717) is 17.5 Å². The van der Waals surface area contributed by atoms with Gasteiger partial charge in [-0.3, -0.25) is 4.79 Å². The van der Waals surface area contributed by atoms with Crippen LogP contribution in [0.3, 0.4) is 0 Å². The molecule has 1 aromatic carbocycles. The molecule has 0 spiro atoms. The summed E-state index contributed by atoms with van der Waals surface area (Å²) >= 11 is 1.35. The van der Waals surface area contributed by atoms with Crippen molar-refractivity contribution in [2.75, 3.05) is 26.4 Å². The average Bonchev–Trinajstić information content (AvgIpc) is 3.02. The standard InChI is InChI=1S/C17H26N6OS/c1-17(2,3)23-16(19-20-21-23)25-12-15(24)18-11-14(22(4)5)13-9-7-6-8-10-13/h6-10,14H,11-12H2,1-5H3,(H,18,24)/p+1/t14-/m0/s1. The van der Waals surface area contributed by atoms with Crippen molar-refractivity contribution in [3.63, 3.8) is 0 Å². The number of carbonyl (C=O) groups is 1. The maximum Gasteiger partial charge on any atom is 0.230 e. The quantitative estimate of drug-likeness (QED) is 0.702. The van der Waals surface area contributed by atoms with E-state index < -0.39 is 0 Å². The summed E-state index contributed by atoms with van der Waals surface area (Å²) in [6.07, 6.45) is 0. The van der Waals surface area contributed by atoms with Crippen LogP contribution in [0.25, 0.3) is 0 Å². The van der Waals surface area contributed by atoms with E-state index in [0.717, 1.165) is 0 Å². The lowest BCUT2D eigenvalue weighted by molar-refractivity contribution is -0.890. The summed E-state index contributed by atoms with van der Waals surface area (Å²) in [5.41, 5.74) is 1.00. The van der Waals surface area contributed by atoms with Crippen molar-refractivity contribution in [1.82, 2.24) is 25.5 Å². The predicted octanol–water partition coefficient (Wildman–Crippen LogP) is 0.522. The van der Waals surface area contributed by atoms with Crippen molar-refractivity contribution < 1.29 is 9.69 Å². The highest BCUT2D eigenvalue weighted by Gasteiger charge is 2.22. The van der Waals surface area contributed by atoms with Gasteiger partial charge in [0.05, 0.1) is 31.9 Å². The Morgan fingerprint density at radius 3 is 2.56 bits per heavy atom. The molecular formula is C17H27N6OS+. The number of quaternary nitrogens is 1. The molecule has 0 unspecified atom stereocenters. The Balaban J connectivity index is 1.89. The highest BCUT2D eigenvalue weighted by atomic mass is 32.2. The molecule has 0 saturated carbocycles. The molecule has 2 rings (SSSR count). The second-order valence-electron chi connectivity index (χ2n) is 7.18. The molecule has 0 saturated heterocycles. The molecule has 2 aromatic rings. The molecule has 2 N–H and O–H groups in total. The van der Waals surface area contributed by atoms with E-state index in [2.05, 4.69) is 47.1 Å². The van der Waals surface area contributed by atoms with Crippen LogP contribution in [-0.2, 0) is 10.3 Å². The minimum absolute atomic E-state index is 0.0179. The largest absolute Gasteiger partial charge is 0.349 e. The molecule has 0 radical (unpaired) electrons. The van der Waals surface area contributed by atoms with Gasteiger partial charge in [0, 0.05) is 5.56 Å². The molecule has 0 aliphatic carbocycles. The van der Waals surface area contributed by atoms with Crippen LogP contribution in [0.5, 0.6) is 0 Å². The third-order valence-corrected chi connectivity index (χ3v) is 4.73. The van der Waals surface area contributed by atoms with Crippen LogP contribution >= 0.6 is 11.8 Å². The Morgan fingerprint density at radius 1 is 1.28 bits per heavy atom. The zero-order valence-corrected chi connectivity index (χ0v) is 16.3. The summed E-state index contributed by atoms with van der Waals surface area (Å²) in [5.74, 6) is 0.274. The number of hydrogen-bond donors (Lipinski definition) is 2. The Bertz CT molecular complexity index is 680. The van der Waals surface area contributed by atoms with Crippen LogP contribution in [0.4, 0.5) is 0 Å². The van der Waals surface area contributed by atoms with Gasteiger partial charge in [-0.2, -0.15) is 0 Å². The summed E-state index contributed by atoms with van der Waals surface area (Å²) in [5, 5.41) is 15.4. The summed E-state index contributed by atoms with van der Waals surface area (Å²) in [6.45, 7) is 6.67. The fourth-order valence-corrected chi connectivity index (χ4v) is 3.32. The number of likely N-dealkylation sites (N-methyl/N-ethyl adjacent to an activating group) is 1.